The number of alkyl halides is 3. The monoisotopic (exact) mass is 624 g/mol. The lowest BCUT2D eigenvalue weighted by atomic mass is 10.1. The summed E-state index contributed by atoms with van der Waals surface area (Å²) in [5.41, 5.74) is 0.902. The highest BCUT2D eigenvalue weighted by Gasteiger charge is 2.32. The Bertz CT molecular complexity index is 1810. The maximum Gasteiger partial charge on any atom is 0.573 e. The molecule has 1 unspecified atom stereocenters. The molecule has 6 rings (SSSR count). The molecule has 1 fully saturated rings. The molecule has 44 heavy (non-hydrogen) atoms. The molecule has 1 aliphatic rings. The molecule has 0 aliphatic carbocycles. The zero-order chi connectivity index (χ0) is 30.8. The van der Waals surface area contributed by atoms with Crippen LogP contribution in [0.4, 0.5) is 35.8 Å². The van der Waals surface area contributed by atoms with Gasteiger partial charge in [0.05, 0.1) is 11.8 Å². The number of halogens is 3. The topological polar surface area (TPSA) is 139 Å². The Kier molecular flexibility index (Phi) is 7.82. The van der Waals surface area contributed by atoms with E-state index in [9.17, 15) is 22.8 Å². The third kappa shape index (κ3) is 6.44. The minimum absolute atomic E-state index is 0.0439. The van der Waals surface area contributed by atoms with Gasteiger partial charge in [-0.1, -0.05) is 40.8 Å². The second kappa shape index (κ2) is 11.9. The summed E-state index contributed by atoms with van der Waals surface area (Å²) < 4.78 is 46.7. The molecular weight excluding hydrogens is 601 g/mol. The van der Waals surface area contributed by atoms with Crippen molar-refractivity contribution in [1.29, 1.82) is 0 Å². The molecule has 0 radical (unpaired) electrons. The Morgan fingerprint density at radius 3 is 2.70 bits per heavy atom. The lowest BCUT2D eigenvalue weighted by Crippen LogP contribution is -2.23. The third-order valence-corrected chi connectivity index (χ3v) is 7.85. The fourth-order valence-corrected chi connectivity index (χ4v) is 5.86. The highest BCUT2D eigenvalue weighted by Crippen LogP contribution is 2.37. The highest BCUT2D eigenvalue weighted by molar-refractivity contribution is 7.15. The van der Waals surface area contributed by atoms with Crippen molar-refractivity contribution >= 4 is 56.7 Å². The van der Waals surface area contributed by atoms with Crippen molar-refractivity contribution in [1.82, 2.24) is 25.6 Å². The number of fused-ring (bicyclic) bond motifs is 1. The van der Waals surface area contributed by atoms with Gasteiger partial charge in [0, 0.05) is 25.9 Å². The van der Waals surface area contributed by atoms with Gasteiger partial charge in [0.1, 0.15) is 10.8 Å². The number of rotatable bonds is 8. The number of anilines is 4. The van der Waals surface area contributed by atoms with Gasteiger partial charge >= 0.3 is 6.36 Å². The van der Waals surface area contributed by atoms with Gasteiger partial charge in [-0.25, -0.2) is 4.90 Å². The van der Waals surface area contributed by atoms with Crippen molar-refractivity contribution in [3.63, 3.8) is 0 Å². The number of amides is 2. The summed E-state index contributed by atoms with van der Waals surface area (Å²) in [7, 11) is 0. The van der Waals surface area contributed by atoms with E-state index in [2.05, 4.69) is 35.6 Å². The quantitative estimate of drug-likeness (QED) is 0.244. The van der Waals surface area contributed by atoms with E-state index in [0.29, 0.717) is 46.4 Å². The first kappa shape index (κ1) is 29.0. The fraction of sp³-hybridized carbons (Fsp3) is 0.250. The number of ether oxygens (including phenoxy) is 1. The van der Waals surface area contributed by atoms with Gasteiger partial charge in [-0.2, -0.15) is 0 Å². The summed E-state index contributed by atoms with van der Waals surface area (Å²) in [4.78, 5) is 28.5. The molecule has 2 amide bonds. The van der Waals surface area contributed by atoms with E-state index < -0.39 is 18.0 Å². The van der Waals surface area contributed by atoms with Crippen LogP contribution in [0.15, 0.2) is 65.2 Å². The molecule has 1 aliphatic heterocycles. The molecule has 226 valence electrons. The number of nitrogens with one attached hydrogen (secondary N) is 1. The number of hydrogen-bond acceptors (Lipinski definition) is 11. The van der Waals surface area contributed by atoms with Gasteiger partial charge in [-0.05, 0) is 48.4 Å². The van der Waals surface area contributed by atoms with Crippen LogP contribution < -0.4 is 19.9 Å². The van der Waals surface area contributed by atoms with E-state index in [-0.39, 0.29) is 24.1 Å². The highest BCUT2D eigenvalue weighted by atomic mass is 32.1. The zero-order valence-electron chi connectivity index (χ0n) is 23.0. The standard InChI is InChI=1S/C28H23F3N8O4S/c1-16(40)39(25-20-7-2-3-8-21(20)43-37-25)27-36-35-26(44-27)18-11-12-38(15-18)23-10-9-22(33-34-23)32-24(41)14-17-5-4-6-19(13-17)42-28(29,30)31/h2-10,13,18H,11-12,14-15H2,1H3,(H,32,33,41). The molecule has 3 aromatic heterocycles. The number of para-hydroxylation sites is 1. The molecule has 1 atom stereocenters. The van der Waals surface area contributed by atoms with Crippen LogP contribution in [0.1, 0.15) is 29.8 Å². The molecule has 0 spiro atoms. The molecule has 0 bridgehead atoms. The van der Waals surface area contributed by atoms with Crippen LogP contribution in [0.3, 0.4) is 0 Å². The van der Waals surface area contributed by atoms with E-state index in [0.717, 1.165) is 23.6 Å². The smallest absolute Gasteiger partial charge is 0.406 e. The Labute approximate surface area is 251 Å². The Hall–Kier alpha value is -5.12. The molecule has 12 nitrogen and oxygen atoms in total. The van der Waals surface area contributed by atoms with Crippen molar-refractivity contribution in [2.45, 2.75) is 32.0 Å². The average molecular weight is 625 g/mol. The van der Waals surface area contributed by atoms with Crippen LogP contribution in [-0.4, -0.2) is 56.8 Å². The molecule has 16 heteroatoms. The van der Waals surface area contributed by atoms with Crippen molar-refractivity contribution in [3.8, 4) is 5.75 Å². The Morgan fingerprint density at radius 1 is 1.09 bits per heavy atom. The fourth-order valence-electron chi connectivity index (χ4n) is 4.85. The number of hydrogen-bond donors (Lipinski definition) is 1. The largest absolute Gasteiger partial charge is 0.573 e. The first-order valence-electron chi connectivity index (χ1n) is 13.3. The molecular formula is C28H23F3N8O4S. The minimum atomic E-state index is -4.82. The third-order valence-electron chi connectivity index (χ3n) is 6.78. The van der Waals surface area contributed by atoms with Gasteiger partial charge < -0.3 is 19.5 Å². The van der Waals surface area contributed by atoms with Crippen molar-refractivity contribution < 1.29 is 32.0 Å². The first-order chi connectivity index (χ1) is 21.1. The number of aromatic nitrogens is 5. The van der Waals surface area contributed by atoms with Crippen LogP contribution >= 0.6 is 11.3 Å². The Morgan fingerprint density at radius 2 is 1.93 bits per heavy atom. The van der Waals surface area contributed by atoms with Gasteiger partial charge in [-0.15, -0.1) is 33.6 Å². The summed E-state index contributed by atoms with van der Waals surface area (Å²) in [5, 5.41) is 25.5. The molecule has 1 N–H and O–H groups in total. The summed E-state index contributed by atoms with van der Waals surface area (Å²) in [6.07, 6.45) is -4.22. The van der Waals surface area contributed by atoms with Crippen LogP contribution in [0.5, 0.6) is 5.75 Å². The van der Waals surface area contributed by atoms with Crippen LogP contribution in [-0.2, 0) is 16.0 Å². The first-order valence-corrected chi connectivity index (χ1v) is 14.2. The maximum atomic E-state index is 12.6. The maximum absolute atomic E-state index is 12.6. The summed E-state index contributed by atoms with van der Waals surface area (Å²) in [6.45, 7) is 2.70. The summed E-state index contributed by atoms with van der Waals surface area (Å²) in [5.74, 6) is 0.0642. The van der Waals surface area contributed by atoms with Gasteiger partial charge in [0.2, 0.25) is 16.9 Å². The van der Waals surface area contributed by atoms with Crippen molar-refractivity contribution in [2.75, 3.05) is 28.2 Å². The normalized spacial score (nSPS) is 15.0. The summed E-state index contributed by atoms with van der Waals surface area (Å²) >= 11 is 1.31. The molecule has 5 aromatic rings. The van der Waals surface area contributed by atoms with E-state index in [4.69, 9.17) is 4.52 Å². The van der Waals surface area contributed by atoms with E-state index in [1.165, 1.54) is 35.3 Å². The van der Waals surface area contributed by atoms with Crippen LogP contribution in [0, 0.1) is 0 Å². The SMILES string of the molecule is CC(=O)N(c1nnc(C2CCN(c3ccc(NC(=O)Cc4cccc(OC(F)(F)F)c4)nn3)C2)s1)c1noc2ccccc12. The van der Waals surface area contributed by atoms with Crippen molar-refractivity contribution in [3.05, 3.63) is 71.2 Å². The number of carbonyl (C=O) groups is 2. The van der Waals surface area contributed by atoms with Crippen LogP contribution in [0.25, 0.3) is 11.0 Å². The minimum Gasteiger partial charge on any atom is -0.406 e. The molecule has 2 aromatic carbocycles. The lowest BCUT2D eigenvalue weighted by Gasteiger charge is -2.16. The van der Waals surface area contributed by atoms with Crippen molar-refractivity contribution in [2.24, 2.45) is 0 Å². The second-order valence-electron chi connectivity index (χ2n) is 9.91. The zero-order valence-corrected chi connectivity index (χ0v) is 23.8. The molecule has 0 saturated carbocycles. The number of nitrogens with zero attached hydrogens (tertiary/aromatic N) is 7. The van der Waals surface area contributed by atoms with Crippen LogP contribution in [0.2, 0.25) is 0 Å². The average Bonchev–Trinajstić information content (AvgIpc) is 3.74. The van der Waals surface area contributed by atoms with Gasteiger partial charge in [-0.3, -0.25) is 9.59 Å². The molecule has 1 saturated heterocycles. The predicted molar refractivity (Wildman–Crippen MR) is 154 cm³/mol. The second-order valence-corrected chi connectivity index (χ2v) is 10.9. The Balaban J connectivity index is 1.07. The van der Waals surface area contributed by atoms with E-state index in [1.807, 2.05) is 23.1 Å². The van der Waals surface area contributed by atoms with E-state index >= 15 is 0 Å². The predicted octanol–water partition coefficient (Wildman–Crippen LogP) is 5.23. The summed E-state index contributed by atoms with van der Waals surface area (Å²) in [6, 6.07) is 15.8. The lowest BCUT2D eigenvalue weighted by molar-refractivity contribution is -0.274. The van der Waals surface area contributed by atoms with Gasteiger partial charge in [0.15, 0.2) is 23.0 Å². The molecule has 4 heterocycles. The van der Waals surface area contributed by atoms with Gasteiger partial charge in [0.25, 0.3) is 0 Å². The number of benzene rings is 2. The van der Waals surface area contributed by atoms with E-state index in [1.54, 1.807) is 18.2 Å². The number of carbonyl (C=O) groups excluding carboxylic acids is 2.